The number of thioether (sulfide) groups is 2. The van der Waals surface area contributed by atoms with Crippen LogP contribution in [0, 0.1) is 0 Å². The van der Waals surface area contributed by atoms with E-state index >= 15 is 0 Å². The van der Waals surface area contributed by atoms with Gasteiger partial charge in [-0.15, -0.1) is 0 Å². The molecule has 0 amide bonds. The van der Waals surface area contributed by atoms with Gasteiger partial charge in [-0.05, 0) is 6.92 Å². The van der Waals surface area contributed by atoms with Crippen LogP contribution >= 0.6 is 23.5 Å². The molecule has 0 aliphatic rings. The molecular formula is C10H21N3O3S2. The lowest BCUT2D eigenvalue weighted by molar-refractivity contribution is -0.137. The Morgan fingerprint density at radius 2 is 1.89 bits per heavy atom. The second-order valence-corrected chi connectivity index (χ2v) is 5.85. The molecule has 2 atom stereocenters. The van der Waals surface area contributed by atoms with Gasteiger partial charge in [0.05, 0.1) is 5.71 Å². The van der Waals surface area contributed by atoms with E-state index in [-0.39, 0.29) is 6.04 Å². The Kier molecular flexibility index (Phi) is 10.2. The molecule has 2 unspecified atom stereocenters. The molecule has 18 heavy (non-hydrogen) atoms. The highest BCUT2D eigenvalue weighted by Crippen LogP contribution is 2.09. The highest BCUT2D eigenvalue weighted by molar-refractivity contribution is 8.01. The highest BCUT2D eigenvalue weighted by atomic mass is 32.2. The van der Waals surface area contributed by atoms with Crippen molar-refractivity contribution in [3.63, 3.8) is 0 Å². The van der Waals surface area contributed by atoms with Crippen molar-refractivity contribution in [1.29, 1.82) is 0 Å². The Hall–Kier alpha value is -0.440. The summed E-state index contributed by atoms with van der Waals surface area (Å²) in [6.45, 7) is 1.95. The number of rotatable bonds is 10. The average Bonchev–Trinajstić information content (AvgIpc) is 2.28. The number of nitrogens with two attached hydrogens (primary N) is 2. The summed E-state index contributed by atoms with van der Waals surface area (Å²) >= 11 is 3.11. The van der Waals surface area contributed by atoms with Crippen LogP contribution in [0.25, 0.3) is 0 Å². The first-order valence-electron chi connectivity index (χ1n) is 5.45. The number of carboxylic acid groups (broad SMARTS) is 1. The lowest BCUT2D eigenvalue weighted by atomic mass is 10.4. The Morgan fingerprint density at radius 3 is 2.33 bits per heavy atom. The predicted molar refractivity (Wildman–Crippen MR) is 78.4 cm³/mol. The molecule has 8 heteroatoms. The van der Waals surface area contributed by atoms with Gasteiger partial charge in [-0.2, -0.15) is 23.5 Å². The molecule has 0 aromatic heterocycles. The first kappa shape index (κ1) is 17.6. The van der Waals surface area contributed by atoms with Crippen molar-refractivity contribution in [3.05, 3.63) is 0 Å². The standard InChI is InChI=1S/C10H21N3O3S2/c1-7(11)3-17-4-8(13-16-2)5-18-6-9(12)10(14)15/h7,9H,3-6,11-12H2,1-2H3,(H,14,15)/b13-8-. The van der Waals surface area contributed by atoms with Gasteiger partial charge in [0.1, 0.15) is 13.2 Å². The Morgan fingerprint density at radius 1 is 1.33 bits per heavy atom. The Labute approximate surface area is 116 Å². The lowest BCUT2D eigenvalue weighted by Gasteiger charge is -2.09. The summed E-state index contributed by atoms with van der Waals surface area (Å²) in [5, 5.41) is 12.6. The molecule has 0 rings (SSSR count). The van der Waals surface area contributed by atoms with Crippen molar-refractivity contribution in [3.8, 4) is 0 Å². The first-order chi connectivity index (χ1) is 8.47. The summed E-state index contributed by atoms with van der Waals surface area (Å²) in [7, 11) is 1.49. The summed E-state index contributed by atoms with van der Waals surface area (Å²) in [6.07, 6.45) is 0. The van der Waals surface area contributed by atoms with Crippen molar-refractivity contribution in [1.82, 2.24) is 0 Å². The number of nitrogens with zero attached hydrogens (tertiary/aromatic N) is 1. The fourth-order valence-corrected chi connectivity index (χ4v) is 2.88. The molecule has 0 bridgehead atoms. The van der Waals surface area contributed by atoms with E-state index in [4.69, 9.17) is 21.4 Å². The summed E-state index contributed by atoms with van der Waals surface area (Å²) in [5.74, 6) is 1.56. The number of oxime groups is 1. The zero-order chi connectivity index (χ0) is 14.0. The molecule has 0 heterocycles. The molecule has 0 radical (unpaired) electrons. The molecule has 0 aromatic rings. The van der Waals surface area contributed by atoms with Gasteiger partial charge in [-0.25, -0.2) is 0 Å². The van der Waals surface area contributed by atoms with Crippen molar-refractivity contribution in [2.24, 2.45) is 16.6 Å². The van der Waals surface area contributed by atoms with E-state index in [2.05, 4.69) is 5.16 Å². The number of aliphatic carboxylic acids is 1. The van der Waals surface area contributed by atoms with Gasteiger partial charge < -0.3 is 21.4 Å². The molecule has 0 aliphatic heterocycles. The van der Waals surface area contributed by atoms with E-state index in [9.17, 15) is 4.79 Å². The maximum Gasteiger partial charge on any atom is 0.321 e. The van der Waals surface area contributed by atoms with E-state index in [0.717, 1.165) is 17.2 Å². The normalized spacial score (nSPS) is 15.2. The van der Waals surface area contributed by atoms with Crippen LogP contribution in [-0.2, 0) is 9.63 Å². The van der Waals surface area contributed by atoms with Gasteiger partial charge >= 0.3 is 5.97 Å². The van der Waals surface area contributed by atoms with Crippen molar-refractivity contribution in [2.75, 3.05) is 30.1 Å². The minimum Gasteiger partial charge on any atom is -0.480 e. The van der Waals surface area contributed by atoms with E-state index in [1.807, 2.05) is 6.92 Å². The highest BCUT2D eigenvalue weighted by Gasteiger charge is 2.12. The fraction of sp³-hybridized carbons (Fsp3) is 0.800. The van der Waals surface area contributed by atoms with Crippen LogP contribution in [0.15, 0.2) is 5.16 Å². The molecule has 106 valence electrons. The van der Waals surface area contributed by atoms with Gasteiger partial charge in [0.2, 0.25) is 0 Å². The zero-order valence-corrected chi connectivity index (χ0v) is 12.3. The van der Waals surface area contributed by atoms with E-state index in [1.165, 1.54) is 18.9 Å². The third kappa shape index (κ3) is 9.58. The first-order valence-corrected chi connectivity index (χ1v) is 7.76. The van der Waals surface area contributed by atoms with Crippen LogP contribution < -0.4 is 11.5 Å². The average molecular weight is 295 g/mol. The maximum atomic E-state index is 10.5. The second kappa shape index (κ2) is 10.5. The molecule has 0 aromatic carbocycles. The predicted octanol–water partition coefficient (Wildman–Crippen LogP) is 0.214. The second-order valence-electron chi connectivity index (χ2n) is 3.79. The van der Waals surface area contributed by atoms with Crippen molar-refractivity contribution >= 4 is 35.2 Å². The molecule has 0 spiro atoms. The molecule has 6 nitrogen and oxygen atoms in total. The van der Waals surface area contributed by atoms with Crippen LogP contribution in [-0.4, -0.2) is 59.0 Å². The number of carbonyl (C=O) groups is 1. The van der Waals surface area contributed by atoms with E-state index < -0.39 is 12.0 Å². The Balaban J connectivity index is 3.91. The van der Waals surface area contributed by atoms with Gasteiger partial charge in [-0.1, -0.05) is 5.16 Å². The van der Waals surface area contributed by atoms with E-state index in [0.29, 0.717) is 11.5 Å². The third-order valence-corrected chi connectivity index (χ3v) is 4.18. The van der Waals surface area contributed by atoms with Gasteiger partial charge in [0.15, 0.2) is 0 Å². The summed E-state index contributed by atoms with van der Waals surface area (Å²) < 4.78 is 0. The molecule has 0 aliphatic carbocycles. The van der Waals surface area contributed by atoms with Crippen molar-refractivity contribution in [2.45, 2.75) is 19.0 Å². The largest absolute Gasteiger partial charge is 0.480 e. The smallest absolute Gasteiger partial charge is 0.321 e. The van der Waals surface area contributed by atoms with Gasteiger partial charge in [-0.3, -0.25) is 4.79 Å². The number of hydrogen-bond donors (Lipinski definition) is 3. The third-order valence-electron chi connectivity index (χ3n) is 1.75. The molecule has 5 N–H and O–H groups in total. The molecule has 0 fully saturated rings. The number of hydrogen-bond acceptors (Lipinski definition) is 7. The van der Waals surface area contributed by atoms with Gasteiger partial charge in [0.25, 0.3) is 0 Å². The summed E-state index contributed by atoms with van der Waals surface area (Å²) in [6, 6.07) is -0.692. The van der Waals surface area contributed by atoms with Crippen LogP contribution in [0.4, 0.5) is 0 Å². The SMILES string of the molecule is CO/N=C(/CSCC(C)N)CSCC(N)C(=O)O. The van der Waals surface area contributed by atoms with Crippen LogP contribution in [0.2, 0.25) is 0 Å². The minimum absolute atomic E-state index is 0.145. The van der Waals surface area contributed by atoms with Gasteiger partial charge in [0, 0.05) is 29.1 Å². The van der Waals surface area contributed by atoms with Crippen LogP contribution in [0.3, 0.4) is 0 Å². The van der Waals surface area contributed by atoms with Crippen LogP contribution in [0.1, 0.15) is 6.92 Å². The molecular weight excluding hydrogens is 274 g/mol. The molecule has 0 saturated carbocycles. The summed E-state index contributed by atoms with van der Waals surface area (Å²) in [5.41, 5.74) is 11.9. The maximum absolute atomic E-state index is 10.5. The zero-order valence-electron chi connectivity index (χ0n) is 10.7. The lowest BCUT2D eigenvalue weighted by Crippen LogP contribution is -2.32. The molecule has 0 saturated heterocycles. The van der Waals surface area contributed by atoms with Crippen LogP contribution in [0.5, 0.6) is 0 Å². The topological polar surface area (TPSA) is 111 Å². The van der Waals surface area contributed by atoms with Crippen molar-refractivity contribution < 1.29 is 14.7 Å². The number of carboxylic acids is 1. The summed E-state index contributed by atoms with van der Waals surface area (Å²) in [4.78, 5) is 15.3. The Bertz CT molecular complexity index is 275. The monoisotopic (exact) mass is 295 g/mol. The van der Waals surface area contributed by atoms with E-state index in [1.54, 1.807) is 11.8 Å². The fourth-order valence-electron chi connectivity index (χ4n) is 0.961. The quantitative estimate of drug-likeness (QED) is 0.390. The minimum atomic E-state index is -0.987.